The molecule has 1 N–H and O–H groups in total. The molecule has 18 heavy (non-hydrogen) atoms. The number of hydrogen-bond acceptors (Lipinski definition) is 3. The van der Waals surface area contributed by atoms with Crippen LogP contribution in [0.25, 0.3) is 11.4 Å². The fourth-order valence-corrected chi connectivity index (χ4v) is 1.82. The number of imidazole rings is 1. The molecule has 0 saturated heterocycles. The van der Waals surface area contributed by atoms with Gasteiger partial charge in [-0.05, 0) is 25.1 Å². The second-order valence-electron chi connectivity index (χ2n) is 3.67. The van der Waals surface area contributed by atoms with Gasteiger partial charge in [0, 0.05) is 11.3 Å². The molecule has 0 aliphatic rings. The molecular weight excluding hydrogens is 259 g/mol. The number of aromatic nitrogens is 2. The van der Waals surface area contributed by atoms with Gasteiger partial charge in [-0.2, -0.15) is 0 Å². The number of methoxy groups -OCH3 is 1. The zero-order chi connectivity index (χ0) is 13.3. The van der Waals surface area contributed by atoms with Crippen LogP contribution in [0.3, 0.4) is 0 Å². The molecule has 1 aromatic carbocycles. The molecule has 0 fully saturated rings. The molecule has 0 aliphatic carbocycles. The summed E-state index contributed by atoms with van der Waals surface area (Å²) < 4.78 is 17.5. The smallest absolute Gasteiger partial charge is 0.358 e. The molecular formula is C12H10ClFN2O2. The van der Waals surface area contributed by atoms with Crippen LogP contribution in [0.15, 0.2) is 18.2 Å². The lowest BCUT2D eigenvalue weighted by Crippen LogP contribution is -2.03. The average molecular weight is 269 g/mol. The topological polar surface area (TPSA) is 55.0 Å². The standard InChI is InChI=1S/C12H10ClFN2O2/c1-6-10(12(17)18-2)16-11(15-6)8-4-3-7(14)5-9(8)13/h3-5H,1-2H3,(H,15,16). The summed E-state index contributed by atoms with van der Waals surface area (Å²) in [6, 6.07) is 3.96. The van der Waals surface area contributed by atoms with Crippen LogP contribution >= 0.6 is 11.6 Å². The number of hydrogen-bond donors (Lipinski definition) is 1. The molecule has 2 aromatic rings. The van der Waals surface area contributed by atoms with Crippen molar-refractivity contribution in [2.75, 3.05) is 7.11 Å². The van der Waals surface area contributed by atoms with Crippen LogP contribution in [-0.2, 0) is 4.74 Å². The Kier molecular flexibility index (Phi) is 3.34. The van der Waals surface area contributed by atoms with Gasteiger partial charge in [0.2, 0.25) is 0 Å². The van der Waals surface area contributed by atoms with Gasteiger partial charge in [0.15, 0.2) is 5.69 Å². The molecule has 6 heteroatoms. The van der Waals surface area contributed by atoms with E-state index < -0.39 is 11.8 Å². The Bertz CT molecular complexity index is 610. The number of nitrogens with one attached hydrogen (secondary N) is 1. The van der Waals surface area contributed by atoms with E-state index in [1.54, 1.807) is 6.92 Å². The largest absolute Gasteiger partial charge is 0.464 e. The van der Waals surface area contributed by atoms with E-state index in [2.05, 4.69) is 14.7 Å². The van der Waals surface area contributed by atoms with E-state index in [0.717, 1.165) is 0 Å². The van der Waals surface area contributed by atoms with Crippen LogP contribution < -0.4 is 0 Å². The van der Waals surface area contributed by atoms with Crippen LogP contribution in [0.2, 0.25) is 5.02 Å². The maximum atomic E-state index is 12.9. The molecule has 0 bridgehead atoms. The molecule has 1 aromatic heterocycles. The summed E-state index contributed by atoms with van der Waals surface area (Å²) in [5.74, 6) is -0.564. The first-order valence-corrected chi connectivity index (χ1v) is 5.51. The monoisotopic (exact) mass is 268 g/mol. The minimum Gasteiger partial charge on any atom is -0.464 e. The third-order valence-electron chi connectivity index (χ3n) is 2.45. The van der Waals surface area contributed by atoms with Crippen molar-refractivity contribution in [3.8, 4) is 11.4 Å². The first-order valence-electron chi connectivity index (χ1n) is 5.13. The van der Waals surface area contributed by atoms with E-state index in [1.807, 2.05) is 0 Å². The summed E-state index contributed by atoms with van der Waals surface area (Å²) in [5.41, 5.74) is 1.28. The number of H-pyrrole nitrogens is 1. The molecule has 0 radical (unpaired) electrons. The number of benzene rings is 1. The van der Waals surface area contributed by atoms with Crippen LogP contribution in [0, 0.1) is 12.7 Å². The fraction of sp³-hybridized carbons (Fsp3) is 0.167. The van der Waals surface area contributed by atoms with Gasteiger partial charge in [-0.15, -0.1) is 0 Å². The molecule has 94 valence electrons. The third kappa shape index (κ3) is 2.22. The summed E-state index contributed by atoms with van der Waals surface area (Å²) in [4.78, 5) is 18.4. The number of aromatic amines is 1. The lowest BCUT2D eigenvalue weighted by Gasteiger charge is -2.00. The highest BCUT2D eigenvalue weighted by Crippen LogP contribution is 2.27. The number of nitrogens with zero attached hydrogens (tertiary/aromatic N) is 1. The Morgan fingerprint density at radius 2 is 2.22 bits per heavy atom. The zero-order valence-electron chi connectivity index (χ0n) is 9.75. The molecule has 2 rings (SSSR count). The van der Waals surface area contributed by atoms with Gasteiger partial charge in [-0.25, -0.2) is 14.2 Å². The van der Waals surface area contributed by atoms with Gasteiger partial charge in [0.05, 0.1) is 12.1 Å². The number of rotatable bonds is 2. The van der Waals surface area contributed by atoms with E-state index in [0.29, 0.717) is 17.1 Å². The maximum Gasteiger partial charge on any atom is 0.358 e. The molecule has 1 heterocycles. The van der Waals surface area contributed by atoms with E-state index in [-0.39, 0.29) is 10.7 Å². The maximum absolute atomic E-state index is 12.9. The lowest BCUT2D eigenvalue weighted by atomic mass is 10.2. The summed E-state index contributed by atoms with van der Waals surface area (Å²) in [6.45, 7) is 1.69. The highest BCUT2D eigenvalue weighted by Gasteiger charge is 2.17. The molecule has 0 atom stereocenters. The van der Waals surface area contributed by atoms with Gasteiger partial charge in [0.1, 0.15) is 11.6 Å². The summed E-state index contributed by atoms with van der Waals surface area (Å²) in [5, 5.41) is 0.222. The molecule has 0 spiro atoms. The van der Waals surface area contributed by atoms with E-state index >= 15 is 0 Å². The molecule has 0 saturated carbocycles. The summed E-state index contributed by atoms with van der Waals surface area (Å²) >= 11 is 5.92. The fourth-order valence-electron chi connectivity index (χ4n) is 1.56. The molecule has 0 aliphatic heterocycles. The van der Waals surface area contributed by atoms with Crippen molar-refractivity contribution in [3.63, 3.8) is 0 Å². The zero-order valence-corrected chi connectivity index (χ0v) is 10.5. The SMILES string of the molecule is COC(=O)c1nc(-c2ccc(F)cc2Cl)[nH]c1C. The van der Waals surface area contributed by atoms with Gasteiger partial charge in [-0.1, -0.05) is 11.6 Å². The quantitative estimate of drug-likeness (QED) is 0.852. The Hall–Kier alpha value is -1.88. The molecule has 0 unspecified atom stereocenters. The third-order valence-corrected chi connectivity index (χ3v) is 2.76. The molecule has 4 nitrogen and oxygen atoms in total. The Morgan fingerprint density at radius 3 is 2.83 bits per heavy atom. The highest BCUT2D eigenvalue weighted by molar-refractivity contribution is 6.33. The van der Waals surface area contributed by atoms with Crippen molar-refractivity contribution >= 4 is 17.6 Å². The minimum absolute atomic E-state index is 0.188. The summed E-state index contributed by atoms with van der Waals surface area (Å²) in [6.07, 6.45) is 0. The second kappa shape index (κ2) is 4.78. The van der Waals surface area contributed by atoms with Crippen molar-refractivity contribution in [1.82, 2.24) is 9.97 Å². The van der Waals surface area contributed by atoms with Gasteiger partial charge in [0.25, 0.3) is 0 Å². The van der Waals surface area contributed by atoms with Gasteiger partial charge in [-0.3, -0.25) is 0 Å². The van der Waals surface area contributed by atoms with Crippen molar-refractivity contribution < 1.29 is 13.9 Å². The summed E-state index contributed by atoms with van der Waals surface area (Å²) in [7, 11) is 1.28. The lowest BCUT2D eigenvalue weighted by molar-refractivity contribution is 0.0594. The normalized spacial score (nSPS) is 10.4. The Labute approximate surface area is 108 Å². The first kappa shape index (κ1) is 12.6. The number of esters is 1. The van der Waals surface area contributed by atoms with Crippen LogP contribution in [0.1, 0.15) is 16.2 Å². The number of halogens is 2. The second-order valence-corrected chi connectivity index (χ2v) is 4.08. The first-order chi connectivity index (χ1) is 8.52. The number of aryl methyl sites for hydroxylation is 1. The number of ether oxygens (including phenoxy) is 1. The van der Waals surface area contributed by atoms with Crippen LogP contribution in [-0.4, -0.2) is 23.0 Å². The number of carbonyl (C=O) groups is 1. The predicted molar refractivity (Wildman–Crippen MR) is 65.1 cm³/mol. The average Bonchev–Trinajstić information content (AvgIpc) is 2.70. The van der Waals surface area contributed by atoms with Crippen LogP contribution in [0.4, 0.5) is 4.39 Å². The van der Waals surface area contributed by atoms with Gasteiger partial charge >= 0.3 is 5.97 Å². The molecule has 0 amide bonds. The Balaban J connectivity index is 2.49. The minimum atomic E-state index is -0.534. The van der Waals surface area contributed by atoms with E-state index in [4.69, 9.17) is 11.6 Å². The van der Waals surface area contributed by atoms with Crippen molar-refractivity contribution in [2.45, 2.75) is 6.92 Å². The predicted octanol–water partition coefficient (Wildman–Crippen LogP) is 2.96. The Morgan fingerprint density at radius 1 is 1.50 bits per heavy atom. The number of carbonyl (C=O) groups excluding carboxylic acids is 1. The van der Waals surface area contributed by atoms with Crippen molar-refractivity contribution in [2.24, 2.45) is 0 Å². The highest BCUT2D eigenvalue weighted by atomic mass is 35.5. The van der Waals surface area contributed by atoms with Crippen LogP contribution in [0.5, 0.6) is 0 Å². The van der Waals surface area contributed by atoms with Crippen molar-refractivity contribution in [1.29, 1.82) is 0 Å². The van der Waals surface area contributed by atoms with Gasteiger partial charge < -0.3 is 9.72 Å². The van der Waals surface area contributed by atoms with E-state index in [9.17, 15) is 9.18 Å². The van der Waals surface area contributed by atoms with E-state index in [1.165, 1.54) is 25.3 Å². The van der Waals surface area contributed by atoms with Crippen molar-refractivity contribution in [3.05, 3.63) is 40.4 Å².